The van der Waals surface area contributed by atoms with E-state index in [1.54, 1.807) is 0 Å². The molecule has 0 radical (unpaired) electrons. The van der Waals surface area contributed by atoms with Crippen molar-refractivity contribution in [3.8, 4) is 0 Å². The maximum absolute atomic E-state index is 6.23. The maximum atomic E-state index is 6.23. The smallest absolute Gasteiger partial charge is 0.00797 e. The van der Waals surface area contributed by atoms with Crippen molar-refractivity contribution in [1.82, 2.24) is 4.90 Å². The van der Waals surface area contributed by atoms with E-state index in [1.165, 1.54) is 25.8 Å². The topological polar surface area (TPSA) is 29.3 Å². The van der Waals surface area contributed by atoms with E-state index in [1.807, 2.05) is 0 Å². The molecule has 2 N–H and O–H groups in total. The zero-order valence-corrected chi connectivity index (χ0v) is 10.9. The van der Waals surface area contributed by atoms with Crippen LogP contribution in [-0.4, -0.2) is 30.6 Å². The summed E-state index contributed by atoms with van der Waals surface area (Å²) < 4.78 is 0. The number of hydrogen-bond acceptors (Lipinski definition) is 2. The number of rotatable bonds is 4. The minimum Gasteiger partial charge on any atom is -0.327 e. The zero-order chi connectivity index (χ0) is 11.5. The van der Waals surface area contributed by atoms with Gasteiger partial charge < -0.3 is 10.6 Å². The first-order valence-electron chi connectivity index (χ1n) is 6.46. The Morgan fingerprint density at radius 3 is 2.40 bits per heavy atom. The second-order valence-electron chi connectivity index (χ2n) is 5.82. The van der Waals surface area contributed by atoms with E-state index in [4.69, 9.17) is 5.73 Å². The molecule has 0 aromatic carbocycles. The highest BCUT2D eigenvalue weighted by molar-refractivity contribution is 4.88. The fraction of sp³-hybridized carbons (Fsp3) is 1.00. The number of nitrogens with zero attached hydrogens (tertiary/aromatic N) is 1. The molecule has 1 rings (SSSR count). The largest absolute Gasteiger partial charge is 0.327 e. The quantitative estimate of drug-likeness (QED) is 0.776. The van der Waals surface area contributed by atoms with Crippen molar-refractivity contribution >= 4 is 0 Å². The Balaban J connectivity index is 2.51. The maximum Gasteiger partial charge on any atom is 0.00797 e. The van der Waals surface area contributed by atoms with Gasteiger partial charge in [0, 0.05) is 12.6 Å². The first kappa shape index (κ1) is 13.0. The average Bonchev–Trinajstić information content (AvgIpc) is 2.19. The third-order valence-corrected chi connectivity index (χ3v) is 3.96. The average molecular weight is 212 g/mol. The summed E-state index contributed by atoms with van der Waals surface area (Å²) in [7, 11) is 0. The number of hydrogen-bond donors (Lipinski definition) is 1. The SMILES string of the molecule is CCN(CC)CC1CC(C)(C)CCC1N. The molecule has 2 heteroatoms. The first-order chi connectivity index (χ1) is 6.98. The molecule has 2 atom stereocenters. The van der Waals surface area contributed by atoms with E-state index in [9.17, 15) is 0 Å². The van der Waals surface area contributed by atoms with E-state index in [0.29, 0.717) is 17.4 Å². The normalized spacial score (nSPS) is 30.8. The molecule has 1 aliphatic rings. The van der Waals surface area contributed by atoms with Gasteiger partial charge in [-0.25, -0.2) is 0 Å². The second kappa shape index (κ2) is 5.31. The van der Waals surface area contributed by atoms with Crippen LogP contribution >= 0.6 is 0 Å². The van der Waals surface area contributed by atoms with Gasteiger partial charge in [-0.1, -0.05) is 27.7 Å². The van der Waals surface area contributed by atoms with Crippen molar-refractivity contribution in [2.45, 2.75) is 53.0 Å². The lowest BCUT2D eigenvalue weighted by molar-refractivity contribution is 0.119. The Kier molecular flexibility index (Phi) is 4.60. The van der Waals surface area contributed by atoms with Crippen molar-refractivity contribution in [3.63, 3.8) is 0 Å². The Morgan fingerprint density at radius 1 is 1.27 bits per heavy atom. The van der Waals surface area contributed by atoms with E-state index in [2.05, 4.69) is 32.6 Å². The van der Waals surface area contributed by atoms with Crippen molar-refractivity contribution in [3.05, 3.63) is 0 Å². The highest BCUT2D eigenvalue weighted by atomic mass is 15.1. The van der Waals surface area contributed by atoms with E-state index >= 15 is 0 Å². The first-order valence-corrected chi connectivity index (χ1v) is 6.46. The molecule has 0 aliphatic heterocycles. The number of nitrogens with two attached hydrogens (primary N) is 1. The molecule has 0 amide bonds. The fourth-order valence-electron chi connectivity index (χ4n) is 2.77. The lowest BCUT2D eigenvalue weighted by Crippen LogP contribution is -2.45. The molecule has 2 nitrogen and oxygen atoms in total. The predicted octanol–water partition coefficient (Wildman–Crippen LogP) is 2.48. The van der Waals surface area contributed by atoms with Gasteiger partial charge in [0.25, 0.3) is 0 Å². The van der Waals surface area contributed by atoms with Gasteiger partial charge in [0.15, 0.2) is 0 Å². The van der Waals surface area contributed by atoms with Gasteiger partial charge in [-0.2, -0.15) is 0 Å². The van der Waals surface area contributed by atoms with Crippen LogP contribution in [0, 0.1) is 11.3 Å². The molecule has 1 fully saturated rings. The van der Waals surface area contributed by atoms with Crippen LogP contribution in [0.25, 0.3) is 0 Å². The predicted molar refractivity (Wildman–Crippen MR) is 66.9 cm³/mol. The molecular formula is C13H28N2. The summed E-state index contributed by atoms with van der Waals surface area (Å²) in [4.78, 5) is 2.51. The third-order valence-electron chi connectivity index (χ3n) is 3.96. The molecule has 90 valence electrons. The van der Waals surface area contributed by atoms with Crippen LogP contribution < -0.4 is 5.73 Å². The van der Waals surface area contributed by atoms with Crippen LogP contribution in [0.2, 0.25) is 0 Å². The summed E-state index contributed by atoms with van der Waals surface area (Å²) in [5.74, 6) is 0.702. The van der Waals surface area contributed by atoms with Gasteiger partial charge in [-0.15, -0.1) is 0 Å². The fourth-order valence-corrected chi connectivity index (χ4v) is 2.77. The van der Waals surface area contributed by atoms with Crippen molar-refractivity contribution in [2.24, 2.45) is 17.1 Å². The monoisotopic (exact) mass is 212 g/mol. The van der Waals surface area contributed by atoms with Gasteiger partial charge in [-0.05, 0) is 43.7 Å². The molecule has 0 heterocycles. The van der Waals surface area contributed by atoms with Crippen molar-refractivity contribution in [2.75, 3.05) is 19.6 Å². The van der Waals surface area contributed by atoms with E-state index in [0.717, 1.165) is 13.1 Å². The Hall–Kier alpha value is -0.0800. The summed E-state index contributed by atoms with van der Waals surface area (Å²) >= 11 is 0. The van der Waals surface area contributed by atoms with Crippen molar-refractivity contribution < 1.29 is 0 Å². The standard InChI is InChI=1S/C13H28N2/c1-5-15(6-2)10-11-9-13(3,4)8-7-12(11)14/h11-12H,5-10,14H2,1-4H3. The molecule has 0 spiro atoms. The Labute approximate surface area is 95.2 Å². The van der Waals surface area contributed by atoms with E-state index < -0.39 is 0 Å². The molecule has 15 heavy (non-hydrogen) atoms. The highest BCUT2D eigenvalue weighted by Crippen LogP contribution is 2.38. The molecule has 0 aromatic rings. The highest BCUT2D eigenvalue weighted by Gasteiger charge is 2.33. The summed E-state index contributed by atoms with van der Waals surface area (Å²) in [6.07, 6.45) is 3.80. The van der Waals surface area contributed by atoms with Gasteiger partial charge in [-0.3, -0.25) is 0 Å². The Morgan fingerprint density at radius 2 is 1.87 bits per heavy atom. The van der Waals surface area contributed by atoms with Crippen LogP contribution in [0.15, 0.2) is 0 Å². The third kappa shape index (κ3) is 3.76. The van der Waals surface area contributed by atoms with Gasteiger partial charge >= 0.3 is 0 Å². The molecular weight excluding hydrogens is 184 g/mol. The summed E-state index contributed by atoms with van der Waals surface area (Å²) in [5.41, 5.74) is 6.74. The molecule has 1 aliphatic carbocycles. The van der Waals surface area contributed by atoms with E-state index in [-0.39, 0.29) is 0 Å². The summed E-state index contributed by atoms with van der Waals surface area (Å²) in [6.45, 7) is 12.7. The summed E-state index contributed by atoms with van der Waals surface area (Å²) in [6, 6.07) is 0.429. The molecule has 0 saturated heterocycles. The second-order valence-corrected chi connectivity index (χ2v) is 5.82. The van der Waals surface area contributed by atoms with Crippen LogP contribution in [-0.2, 0) is 0 Å². The lowest BCUT2D eigenvalue weighted by Gasteiger charge is -2.41. The minimum absolute atomic E-state index is 0.429. The van der Waals surface area contributed by atoms with Crippen LogP contribution in [0.4, 0.5) is 0 Å². The van der Waals surface area contributed by atoms with Gasteiger partial charge in [0.2, 0.25) is 0 Å². The summed E-state index contributed by atoms with van der Waals surface area (Å²) in [5, 5.41) is 0. The van der Waals surface area contributed by atoms with Gasteiger partial charge in [0.05, 0.1) is 0 Å². The Bertz CT molecular complexity index is 185. The molecule has 0 aromatic heterocycles. The van der Waals surface area contributed by atoms with Crippen LogP contribution in [0.1, 0.15) is 47.0 Å². The molecule has 2 unspecified atom stereocenters. The van der Waals surface area contributed by atoms with Gasteiger partial charge in [0.1, 0.15) is 0 Å². The zero-order valence-electron chi connectivity index (χ0n) is 10.9. The minimum atomic E-state index is 0.429. The lowest BCUT2D eigenvalue weighted by atomic mass is 9.70. The van der Waals surface area contributed by atoms with Crippen LogP contribution in [0.3, 0.4) is 0 Å². The molecule has 0 bridgehead atoms. The van der Waals surface area contributed by atoms with Crippen molar-refractivity contribution in [1.29, 1.82) is 0 Å². The van der Waals surface area contributed by atoms with Crippen LogP contribution in [0.5, 0.6) is 0 Å². The molecule has 1 saturated carbocycles.